The smallest absolute Gasteiger partial charge is 0.261 e. The van der Waals surface area contributed by atoms with Gasteiger partial charge in [0.25, 0.3) is 5.91 Å². The minimum absolute atomic E-state index is 0.153. The predicted octanol–water partition coefficient (Wildman–Crippen LogP) is 3.07. The molecule has 19 heavy (non-hydrogen) atoms. The lowest BCUT2D eigenvalue weighted by Gasteiger charge is -2.03. The number of nitrogens with zero attached hydrogens (tertiary/aromatic N) is 1. The van der Waals surface area contributed by atoms with Crippen LogP contribution in [-0.2, 0) is 11.2 Å². The summed E-state index contributed by atoms with van der Waals surface area (Å²) in [7, 11) is 0. The highest BCUT2D eigenvalue weighted by atomic mass is 16.1. The van der Waals surface area contributed by atoms with E-state index in [0.717, 1.165) is 24.8 Å². The van der Waals surface area contributed by atoms with E-state index in [-0.39, 0.29) is 11.5 Å². The van der Waals surface area contributed by atoms with Gasteiger partial charge in [-0.1, -0.05) is 44.5 Å². The van der Waals surface area contributed by atoms with Crippen LogP contribution in [0.15, 0.2) is 29.8 Å². The van der Waals surface area contributed by atoms with Gasteiger partial charge in [0.15, 0.2) is 0 Å². The third-order valence-electron chi connectivity index (χ3n) is 2.88. The largest absolute Gasteiger partial charge is 0.351 e. The monoisotopic (exact) mass is 256 g/mol. The van der Waals surface area contributed by atoms with Crippen LogP contribution in [0, 0.1) is 11.3 Å². The minimum atomic E-state index is -0.296. The van der Waals surface area contributed by atoms with Gasteiger partial charge in [-0.3, -0.25) is 4.79 Å². The van der Waals surface area contributed by atoms with Gasteiger partial charge < -0.3 is 5.32 Å². The Balaban J connectivity index is 2.75. The molecule has 0 saturated carbocycles. The Morgan fingerprint density at radius 2 is 2.00 bits per heavy atom. The molecule has 1 rings (SSSR count). The van der Waals surface area contributed by atoms with Crippen LogP contribution in [-0.4, -0.2) is 12.5 Å². The van der Waals surface area contributed by atoms with Gasteiger partial charge in [0.05, 0.1) is 0 Å². The van der Waals surface area contributed by atoms with Crippen molar-refractivity contribution < 1.29 is 4.79 Å². The lowest BCUT2D eigenvalue weighted by atomic mass is 10.1. The zero-order valence-electron chi connectivity index (χ0n) is 11.6. The van der Waals surface area contributed by atoms with Crippen LogP contribution in [0.25, 0.3) is 6.08 Å². The molecule has 1 N–H and O–H groups in total. The number of carbonyl (C=O) groups is 1. The molecular weight excluding hydrogens is 236 g/mol. The van der Waals surface area contributed by atoms with Crippen molar-refractivity contribution in [3.05, 3.63) is 41.0 Å². The van der Waals surface area contributed by atoms with E-state index in [9.17, 15) is 4.79 Å². The summed E-state index contributed by atoms with van der Waals surface area (Å²) >= 11 is 0. The fraction of sp³-hybridized carbons (Fsp3) is 0.375. The normalized spacial score (nSPS) is 10.9. The molecule has 3 nitrogen and oxygen atoms in total. The fourth-order valence-corrected chi connectivity index (χ4v) is 1.64. The zero-order chi connectivity index (χ0) is 14.1. The Morgan fingerprint density at radius 1 is 1.32 bits per heavy atom. The number of amides is 1. The molecular formula is C16H20N2O. The number of hydrogen-bond donors (Lipinski definition) is 1. The summed E-state index contributed by atoms with van der Waals surface area (Å²) in [6.45, 7) is 4.76. The van der Waals surface area contributed by atoms with Crippen molar-refractivity contribution in [3.8, 4) is 6.07 Å². The zero-order valence-corrected chi connectivity index (χ0v) is 11.6. The molecule has 1 amide bonds. The van der Waals surface area contributed by atoms with Gasteiger partial charge in [-0.25, -0.2) is 0 Å². The molecule has 0 aliphatic carbocycles. The summed E-state index contributed by atoms with van der Waals surface area (Å²) in [5.41, 5.74) is 2.27. The van der Waals surface area contributed by atoms with Crippen LogP contribution in [0.1, 0.15) is 37.8 Å². The number of carbonyl (C=O) groups excluding carboxylic acids is 1. The Hall–Kier alpha value is -2.08. The molecule has 0 saturated heterocycles. The first-order valence-electron chi connectivity index (χ1n) is 6.70. The van der Waals surface area contributed by atoms with Gasteiger partial charge in [0.1, 0.15) is 11.6 Å². The van der Waals surface area contributed by atoms with Gasteiger partial charge in [0, 0.05) is 6.54 Å². The first-order valence-corrected chi connectivity index (χ1v) is 6.70. The molecule has 0 aliphatic rings. The van der Waals surface area contributed by atoms with Gasteiger partial charge in [-0.15, -0.1) is 0 Å². The van der Waals surface area contributed by atoms with E-state index in [1.165, 1.54) is 5.56 Å². The molecule has 0 unspecified atom stereocenters. The molecule has 1 aromatic carbocycles. The van der Waals surface area contributed by atoms with Gasteiger partial charge in [-0.05, 0) is 30.0 Å². The Labute approximate surface area is 114 Å². The second-order valence-corrected chi connectivity index (χ2v) is 4.37. The predicted molar refractivity (Wildman–Crippen MR) is 77.3 cm³/mol. The molecule has 0 atom stereocenters. The number of nitriles is 1. The van der Waals surface area contributed by atoms with Gasteiger partial charge >= 0.3 is 0 Å². The highest BCUT2D eigenvalue weighted by molar-refractivity contribution is 6.01. The lowest BCUT2D eigenvalue weighted by Crippen LogP contribution is -2.25. The maximum Gasteiger partial charge on any atom is 0.261 e. The van der Waals surface area contributed by atoms with E-state index in [0.29, 0.717) is 6.54 Å². The highest BCUT2D eigenvalue weighted by Gasteiger charge is 2.07. The number of nitrogens with one attached hydrogen (secondary N) is 1. The number of hydrogen-bond acceptors (Lipinski definition) is 2. The van der Waals surface area contributed by atoms with Crippen molar-refractivity contribution in [1.82, 2.24) is 5.32 Å². The highest BCUT2D eigenvalue weighted by Crippen LogP contribution is 2.09. The van der Waals surface area contributed by atoms with E-state index in [1.807, 2.05) is 30.3 Å². The molecule has 0 aliphatic heterocycles. The average molecular weight is 256 g/mol. The van der Waals surface area contributed by atoms with Crippen LogP contribution in [0.3, 0.4) is 0 Å². The number of rotatable bonds is 6. The summed E-state index contributed by atoms with van der Waals surface area (Å²) in [5.74, 6) is -0.296. The summed E-state index contributed by atoms with van der Waals surface area (Å²) in [5, 5.41) is 11.8. The third kappa shape index (κ3) is 4.97. The first kappa shape index (κ1) is 15.0. The maximum atomic E-state index is 11.8. The van der Waals surface area contributed by atoms with E-state index in [2.05, 4.69) is 19.2 Å². The quantitative estimate of drug-likeness (QED) is 0.483. The van der Waals surface area contributed by atoms with Crippen molar-refractivity contribution in [2.24, 2.45) is 0 Å². The fourth-order valence-electron chi connectivity index (χ4n) is 1.64. The Kier molecular flexibility index (Phi) is 6.38. The number of aryl methyl sites for hydroxylation is 1. The molecule has 0 radical (unpaired) electrons. The molecule has 1 aromatic rings. The number of unbranched alkanes of at least 4 members (excludes halogenated alkanes) is 1. The van der Waals surface area contributed by atoms with Crippen molar-refractivity contribution in [2.75, 3.05) is 6.54 Å². The summed E-state index contributed by atoms with van der Waals surface area (Å²) < 4.78 is 0. The van der Waals surface area contributed by atoms with E-state index in [1.54, 1.807) is 6.08 Å². The van der Waals surface area contributed by atoms with Crippen LogP contribution in [0.4, 0.5) is 0 Å². The van der Waals surface area contributed by atoms with Crippen LogP contribution in [0.5, 0.6) is 0 Å². The molecule has 0 bridgehead atoms. The summed E-state index contributed by atoms with van der Waals surface area (Å²) in [4.78, 5) is 11.8. The standard InChI is InChI=1S/C16H20N2O/c1-3-5-10-18-16(19)15(12-17)11-14-8-6-13(4-2)7-9-14/h6-9,11H,3-5,10H2,1-2H3,(H,18,19)/b15-11-. The van der Waals surface area contributed by atoms with Crippen molar-refractivity contribution in [2.45, 2.75) is 33.1 Å². The number of benzene rings is 1. The van der Waals surface area contributed by atoms with E-state index >= 15 is 0 Å². The van der Waals surface area contributed by atoms with Crippen molar-refractivity contribution in [1.29, 1.82) is 5.26 Å². The van der Waals surface area contributed by atoms with Crippen LogP contribution >= 0.6 is 0 Å². The van der Waals surface area contributed by atoms with Gasteiger partial charge in [-0.2, -0.15) is 5.26 Å². The van der Waals surface area contributed by atoms with Crippen molar-refractivity contribution >= 4 is 12.0 Å². The van der Waals surface area contributed by atoms with Crippen molar-refractivity contribution in [3.63, 3.8) is 0 Å². The van der Waals surface area contributed by atoms with Gasteiger partial charge in [0.2, 0.25) is 0 Å². The molecule has 0 aromatic heterocycles. The van der Waals surface area contributed by atoms with E-state index < -0.39 is 0 Å². The first-order chi connectivity index (χ1) is 9.21. The molecule has 3 heteroatoms. The molecule has 100 valence electrons. The Morgan fingerprint density at radius 3 is 2.53 bits per heavy atom. The minimum Gasteiger partial charge on any atom is -0.351 e. The van der Waals surface area contributed by atoms with Crippen LogP contribution in [0.2, 0.25) is 0 Å². The summed E-state index contributed by atoms with van der Waals surface area (Å²) in [6, 6.07) is 9.83. The summed E-state index contributed by atoms with van der Waals surface area (Å²) in [6.07, 6.45) is 4.55. The second-order valence-electron chi connectivity index (χ2n) is 4.37. The maximum absolute atomic E-state index is 11.8. The molecule has 0 spiro atoms. The molecule has 0 fully saturated rings. The van der Waals surface area contributed by atoms with E-state index in [4.69, 9.17) is 5.26 Å². The third-order valence-corrected chi connectivity index (χ3v) is 2.88. The average Bonchev–Trinajstić information content (AvgIpc) is 2.45. The second kappa shape index (κ2) is 8.10. The topological polar surface area (TPSA) is 52.9 Å². The lowest BCUT2D eigenvalue weighted by molar-refractivity contribution is -0.117. The SMILES string of the molecule is CCCCNC(=O)/C(C#N)=C\c1ccc(CC)cc1. The van der Waals surface area contributed by atoms with Crippen LogP contribution < -0.4 is 5.32 Å². The molecule has 0 heterocycles. The Bertz CT molecular complexity index is 480.